The third kappa shape index (κ3) is 2.49. The summed E-state index contributed by atoms with van der Waals surface area (Å²) in [5, 5.41) is 2.95. The molecule has 1 aliphatic rings. The van der Waals surface area contributed by atoms with E-state index in [1.807, 2.05) is 0 Å². The molecule has 0 aromatic heterocycles. The van der Waals surface area contributed by atoms with Crippen LogP contribution in [0.5, 0.6) is 0 Å². The van der Waals surface area contributed by atoms with Gasteiger partial charge in [-0.05, 0) is 23.8 Å². The number of benzene rings is 1. The zero-order valence-electron chi connectivity index (χ0n) is 9.77. The molecule has 1 fully saturated rings. The van der Waals surface area contributed by atoms with Crippen molar-refractivity contribution in [1.82, 2.24) is 5.32 Å². The summed E-state index contributed by atoms with van der Waals surface area (Å²) >= 11 is 0. The minimum Gasteiger partial charge on any atom is -0.375 e. The topological polar surface area (TPSA) is 21.3 Å². The number of hydrogen-bond acceptors (Lipinski definition) is 2. The minimum absolute atomic E-state index is 0.0447. The number of nitrogens with one attached hydrogen (secondary N) is 1. The minimum atomic E-state index is -4.48. The van der Waals surface area contributed by atoms with Crippen molar-refractivity contribution in [1.29, 1.82) is 0 Å². The maximum atomic E-state index is 13.1. The molecular weight excluding hydrogens is 250 g/mol. The normalized spacial score (nSPS) is 18.5. The second kappa shape index (κ2) is 4.51. The third-order valence-corrected chi connectivity index (χ3v) is 3.21. The van der Waals surface area contributed by atoms with Crippen LogP contribution in [0, 0.1) is 5.82 Å². The molecular formula is C12H13F4NO. The number of alkyl halides is 3. The monoisotopic (exact) mass is 263 g/mol. The van der Waals surface area contributed by atoms with E-state index in [9.17, 15) is 17.6 Å². The number of halogens is 4. The molecule has 1 aromatic carbocycles. The molecule has 1 saturated heterocycles. The number of ether oxygens (including phenoxy) is 1. The summed E-state index contributed by atoms with van der Waals surface area (Å²) in [6, 6.07) is 2.53. The average Bonchev–Trinajstić information content (AvgIpc) is 2.21. The first-order valence-corrected chi connectivity index (χ1v) is 5.48. The Balaban J connectivity index is 2.33. The molecule has 1 aromatic rings. The van der Waals surface area contributed by atoms with Crippen molar-refractivity contribution in [3.8, 4) is 0 Å². The smallest absolute Gasteiger partial charge is 0.375 e. The van der Waals surface area contributed by atoms with Crippen LogP contribution in [0.25, 0.3) is 0 Å². The van der Waals surface area contributed by atoms with Gasteiger partial charge < -0.3 is 10.1 Å². The summed E-state index contributed by atoms with van der Waals surface area (Å²) in [7, 11) is 1.45. The van der Waals surface area contributed by atoms with Gasteiger partial charge in [0.05, 0.1) is 11.2 Å². The van der Waals surface area contributed by atoms with Gasteiger partial charge in [0.15, 0.2) is 0 Å². The van der Waals surface area contributed by atoms with E-state index in [0.29, 0.717) is 13.1 Å². The lowest BCUT2D eigenvalue weighted by Gasteiger charge is -2.41. The highest BCUT2D eigenvalue weighted by Gasteiger charge is 2.41. The Bertz CT molecular complexity index is 435. The molecule has 0 spiro atoms. The molecule has 0 saturated carbocycles. The van der Waals surface area contributed by atoms with Crippen LogP contribution in [-0.4, -0.2) is 25.8 Å². The van der Waals surface area contributed by atoms with Crippen molar-refractivity contribution in [2.45, 2.75) is 18.2 Å². The van der Waals surface area contributed by atoms with Crippen molar-refractivity contribution in [2.75, 3.05) is 20.2 Å². The van der Waals surface area contributed by atoms with Gasteiger partial charge in [0.2, 0.25) is 0 Å². The molecule has 100 valence electrons. The summed E-state index contributed by atoms with van der Waals surface area (Å²) in [4.78, 5) is 0. The first-order valence-electron chi connectivity index (χ1n) is 5.48. The van der Waals surface area contributed by atoms with E-state index >= 15 is 0 Å². The van der Waals surface area contributed by atoms with Crippen LogP contribution in [0.4, 0.5) is 17.6 Å². The van der Waals surface area contributed by atoms with Gasteiger partial charge in [-0.2, -0.15) is 13.2 Å². The van der Waals surface area contributed by atoms with Crippen LogP contribution >= 0.6 is 0 Å². The van der Waals surface area contributed by atoms with Gasteiger partial charge in [-0.1, -0.05) is 0 Å². The Labute approximate surface area is 102 Å². The van der Waals surface area contributed by atoms with E-state index in [2.05, 4.69) is 5.32 Å². The Kier molecular flexibility index (Phi) is 3.33. The summed E-state index contributed by atoms with van der Waals surface area (Å²) in [6.07, 6.45) is -4.43. The molecule has 0 radical (unpaired) electrons. The van der Waals surface area contributed by atoms with E-state index < -0.39 is 23.2 Å². The molecule has 0 atom stereocenters. The van der Waals surface area contributed by atoms with E-state index in [0.717, 1.165) is 18.2 Å². The van der Waals surface area contributed by atoms with Crippen molar-refractivity contribution in [3.05, 3.63) is 35.1 Å². The first kappa shape index (κ1) is 13.3. The Hall–Kier alpha value is -1.14. The number of hydrogen-bond donors (Lipinski definition) is 1. The molecule has 2 rings (SSSR count). The van der Waals surface area contributed by atoms with Gasteiger partial charge in [0.1, 0.15) is 5.82 Å². The zero-order valence-corrected chi connectivity index (χ0v) is 9.77. The standard InChI is InChI=1S/C12H13F4NO/c1-18-11(6-17-7-11)5-8-4-9(13)2-3-10(8)12(14,15)16/h2-4,17H,5-7H2,1H3. The van der Waals surface area contributed by atoms with Gasteiger partial charge in [-0.15, -0.1) is 0 Å². The van der Waals surface area contributed by atoms with Crippen LogP contribution in [0.3, 0.4) is 0 Å². The molecule has 6 heteroatoms. The van der Waals surface area contributed by atoms with Crippen LogP contribution in [0.2, 0.25) is 0 Å². The maximum Gasteiger partial charge on any atom is 0.416 e. The van der Waals surface area contributed by atoms with Gasteiger partial charge in [-0.25, -0.2) is 4.39 Å². The molecule has 1 aliphatic heterocycles. The summed E-state index contributed by atoms with van der Waals surface area (Å²) in [6.45, 7) is 0.939. The molecule has 0 aliphatic carbocycles. The summed E-state index contributed by atoms with van der Waals surface area (Å²) in [5.74, 6) is -0.670. The average molecular weight is 263 g/mol. The SMILES string of the molecule is COC1(Cc2cc(F)ccc2C(F)(F)F)CNC1. The molecule has 2 nitrogen and oxygen atoms in total. The summed E-state index contributed by atoms with van der Waals surface area (Å²) < 4.78 is 56.8. The molecule has 1 heterocycles. The van der Waals surface area contributed by atoms with Crippen molar-refractivity contribution in [3.63, 3.8) is 0 Å². The fourth-order valence-electron chi connectivity index (χ4n) is 2.08. The van der Waals surface area contributed by atoms with Crippen LogP contribution in [-0.2, 0) is 17.3 Å². The lowest BCUT2D eigenvalue weighted by atomic mass is 9.86. The van der Waals surface area contributed by atoms with E-state index in [1.54, 1.807) is 0 Å². The predicted molar refractivity (Wildman–Crippen MR) is 57.7 cm³/mol. The van der Waals surface area contributed by atoms with E-state index in [1.165, 1.54) is 7.11 Å². The third-order valence-electron chi connectivity index (χ3n) is 3.21. The quantitative estimate of drug-likeness (QED) is 0.845. The number of rotatable bonds is 3. The molecule has 0 unspecified atom stereocenters. The fourth-order valence-corrected chi connectivity index (χ4v) is 2.08. The highest BCUT2D eigenvalue weighted by atomic mass is 19.4. The van der Waals surface area contributed by atoms with Crippen LogP contribution in [0.15, 0.2) is 18.2 Å². The van der Waals surface area contributed by atoms with Crippen molar-refractivity contribution >= 4 is 0 Å². The van der Waals surface area contributed by atoms with Gasteiger partial charge in [0.25, 0.3) is 0 Å². The Morgan fingerprint density at radius 3 is 2.44 bits per heavy atom. The molecule has 0 bridgehead atoms. The lowest BCUT2D eigenvalue weighted by molar-refractivity contribution is -0.139. The van der Waals surface area contributed by atoms with Gasteiger partial charge in [-0.3, -0.25) is 0 Å². The molecule has 1 N–H and O–H groups in total. The maximum absolute atomic E-state index is 13.1. The van der Waals surface area contributed by atoms with Crippen LogP contribution in [0.1, 0.15) is 11.1 Å². The first-order chi connectivity index (χ1) is 8.36. The zero-order chi connectivity index (χ0) is 13.4. The largest absolute Gasteiger partial charge is 0.416 e. The molecule has 0 amide bonds. The second-order valence-corrected chi connectivity index (χ2v) is 4.47. The Morgan fingerprint density at radius 1 is 1.33 bits per heavy atom. The fraction of sp³-hybridized carbons (Fsp3) is 0.500. The van der Waals surface area contributed by atoms with Crippen molar-refractivity contribution < 1.29 is 22.3 Å². The summed E-state index contributed by atoms with van der Waals surface area (Å²) in [5.41, 5.74) is -1.52. The van der Waals surface area contributed by atoms with Crippen LogP contribution < -0.4 is 5.32 Å². The van der Waals surface area contributed by atoms with Gasteiger partial charge in [0, 0.05) is 26.6 Å². The van der Waals surface area contributed by atoms with Crippen molar-refractivity contribution in [2.24, 2.45) is 0 Å². The van der Waals surface area contributed by atoms with E-state index in [4.69, 9.17) is 4.74 Å². The lowest BCUT2D eigenvalue weighted by Crippen LogP contribution is -2.62. The highest BCUT2D eigenvalue weighted by Crippen LogP contribution is 2.35. The number of methoxy groups -OCH3 is 1. The van der Waals surface area contributed by atoms with E-state index in [-0.39, 0.29) is 12.0 Å². The highest BCUT2D eigenvalue weighted by molar-refractivity contribution is 5.32. The predicted octanol–water partition coefficient (Wildman–Crippen LogP) is 2.38. The second-order valence-electron chi connectivity index (χ2n) is 4.47. The molecule has 18 heavy (non-hydrogen) atoms. The van der Waals surface area contributed by atoms with Gasteiger partial charge >= 0.3 is 6.18 Å². The Morgan fingerprint density at radius 2 is 2.00 bits per heavy atom.